The second-order valence-corrected chi connectivity index (χ2v) is 5.82. The van der Waals surface area contributed by atoms with Crippen molar-refractivity contribution in [2.75, 3.05) is 23.8 Å². The molecular formula is C21H24N4O2. The SMILES string of the molecule is CCOc1ccc(Nc2cc(Nc3ccccc3OCC)nc(C)n2)cc1. The molecule has 0 saturated heterocycles. The maximum absolute atomic E-state index is 5.66. The molecule has 0 aliphatic carbocycles. The van der Waals surface area contributed by atoms with Crippen LogP contribution < -0.4 is 20.1 Å². The van der Waals surface area contributed by atoms with Gasteiger partial charge in [-0.15, -0.1) is 0 Å². The van der Waals surface area contributed by atoms with E-state index in [1.807, 2.05) is 75.4 Å². The Morgan fingerprint density at radius 3 is 2.19 bits per heavy atom. The molecule has 6 heteroatoms. The van der Waals surface area contributed by atoms with E-state index in [0.717, 1.165) is 22.9 Å². The number of aryl methyl sites for hydroxylation is 1. The maximum atomic E-state index is 5.66. The number of nitrogens with one attached hydrogen (secondary N) is 2. The molecule has 1 aromatic heterocycles. The Labute approximate surface area is 159 Å². The third kappa shape index (κ3) is 5.10. The largest absolute Gasteiger partial charge is 0.494 e. The minimum Gasteiger partial charge on any atom is -0.494 e. The van der Waals surface area contributed by atoms with Crippen LogP contribution in [0.5, 0.6) is 11.5 Å². The number of hydrogen-bond donors (Lipinski definition) is 2. The van der Waals surface area contributed by atoms with Gasteiger partial charge in [0, 0.05) is 11.8 Å². The Kier molecular flexibility index (Phi) is 6.10. The molecule has 0 fully saturated rings. The van der Waals surface area contributed by atoms with Crippen molar-refractivity contribution in [3.8, 4) is 11.5 Å². The maximum Gasteiger partial charge on any atom is 0.142 e. The van der Waals surface area contributed by atoms with Gasteiger partial charge in [0.05, 0.1) is 18.9 Å². The Morgan fingerprint density at radius 1 is 0.815 bits per heavy atom. The minimum absolute atomic E-state index is 0.603. The van der Waals surface area contributed by atoms with Gasteiger partial charge < -0.3 is 20.1 Å². The van der Waals surface area contributed by atoms with Gasteiger partial charge in [0.25, 0.3) is 0 Å². The molecular weight excluding hydrogens is 340 g/mol. The van der Waals surface area contributed by atoms with Crippen molar-refractivity contribution in [1.29, 1.82) is 0 Å². The molecule has 6 nitrogen and oxygen atoms in total. The molecule has 2 aromatic carbocycles. The number of para-hydroxylation sites is 2. The van der Waals surface area contributed by atoms with Gasteiger partial charge in [0.15, 0.2) is 0 Å². The van der Waals surface area contributed by atoms with Crippen LogP contribution in [0.15, 0.2) is 54.6 Å². The summed E-state index contributed by atoms with van der Waals surface area (Å²) in [4.78, 5) is 8.94. The van der Waals surface area contributed by atoms with Gasteiger partial charge in [-0.25, -0.2) is 9.97 Å². The Balaban J connectivity index is 1.78. The molecule has 0 bridgehead atoms. The molecule has 0 aliphatic heterocycles. The first-order valence-electron chi connectivity index (χ1n) is 9.02. The molecule has 0 spiro atoms. The van der Waals surface area contributed by atoms with E-state index in [-0.39, 0.29) is 0 Å². The van der Waals surface area contributed by atoms with E-state index in [0.29, 0.717) is 30.7 Å². The summed E-state index contributed by atoms with van der Waals surface area (Å²) in [6.45, 7) is 7.05. The van der Waals surface area contributed by atoms with Crippen LogP contribution >= 0.6 is 0 Å². The summed E-state index contributed by atoms with van der Waals surface area (Å²) in [6, 6.07) is 17.4. The van der Waals surface area contributed by atoms with Crippen LogP contribution in [0.25, 0.3) is 0 Å². The summed E-state index contributed by atoms with van der Waals surface area (Å²) < 4.78 is 11.1. The van der Waals surface area contributed by atoms with Crippen LogP contribution in [0.4, 0.5) is 23.0 Å². The van der Waals surface area contributed by atoms with Crippen LogP contribution in [0.2, 0.25) is 0 Å². The van der Waals surface area contributed by atoms with Crippen LogP contribution in [0.3, 0.4) is 0 Å². The number of anilines is 4. The fourth-order valence-corrected chi connectivity index (χ4v) is 2.63. The molecule has 3 rings (SSSR count). The number of hydrogen-bond acceptors (Lipinski definition) is 6. The highest BCUT2D eigenvalue weighted by Crippen LogP contribution is 2.28. The minimum atomic E-state index is 0.603. The first-order valence-corrected chi connectivity index (χ1v) is 9.02. The summed E-state index contributed by atoms with van der Waals surface area (Å²) in [5.41, 5.74) is 1.79. The van der Waals surface area contributed by atoms with Crippen molar-refractivity contribution in [3.63, 3.8) is 0 Å². The van der Waals surface area contributed by atoms with Gasteiger partial charge >= 0.3 is 0 Å². The van der Waals surface area contributed by atoms with Crippen LogP contribution in [0, 0.1) is 6.92 Å². The summed E-state index contributed by atoms with van der Waals surface area (Å²) in [5.74, 6) is 3.71. The molecule has 2 N–H and O–H groups in total. The monoisotopic (exact) mass is 364 g/mol. The topological polar surface area (TPSA) is 68.3 Å². The highest BCUT2D eigenvalue weighted by molar-refractivity contribution is 5.67. The highest BCUT2D eigenvalue weighted by Gasteiger charge is 2.07. The van der Waals surface area contributed by atoms with E-state index in [4.69, 9.17) is 9.47 Å². The quantitative estimate of drug-likeness (QED) is 0.582. The average Bonchev–Trinajstić information content (AvgIpc) is 2.65. The molecule has 0 saturated carbocycles. The van der Waals surface area contributed by atoms with Crippen molar-refractivity contribution in [1.82, 2.24) is 9.97 Å². The molecule has 27 heavy (non-hydrogen) atoms. The van der Waals surface area contributed by atoms with E-state index in [1.54, 1.807) is 0 Å². The number of rotatable bonds is 8. The fraction of sp³-hybridized carbons (Fsp3) is 0.238. The number of aromatic nitrogens is 2. The Hall–Kier alpha value is -3.28. The van der Waals surface area contributed by atoms with Crippen LogP contribution in [-0.4, -0.2) is 23.2 Å². The average molecular weight is 364 g/mol. The predicted octanol–water partition coefficient (Wildman–Crippen LogP) is 5.07. The number of ether oxygens (including phenoxy) is 2. The molecule has 3 aromatic rings. The standard InChI is InChI=1S/C21H24N4O2/c1-4-26-17-12-10-16(11-13-17)24-20-14-21(23-15(3)22-20)25-18-8-6-7-9-19(18)27-5-2/h6-14H,4-5H2,1-3H3,(H2,22,23,24,25). The lowest BCUT2D eigenvalue weighted by atomic mass is 10.3. The summed E-state index contributed by atoms with van der Waals surface area (Å²) in [7, 11) is 0. The lowest BCUT2D eigenvalue weighted by Crippen LogP contribution is -2.03. The number of benzene rings is 2. The van der Waals surface area contributed by atoms with Gasteiger partial charge in [0.2, 0.25) is 0 Å². The lowest BCUT2D eigenvalue weighted by molar-refractivity contribution is 0.340. The molecule has 1 heterocycles. The van der Waals surface area contributed by atoms with Crippen molar-refractivity contribution in [2.24, 2.45) is 0 Å². The van der Waals surface area contributed by atoms with E-state index in [1.165, 1.54) is 0 Å². The van der Waals surface area contributed by atoms with Gasteiger partial charge in [0.1, 0.15) is 29.0 Å². The normalized spacial score (nSPS) is 10.3. The summed E-state index contributed by atoms with van der Waals surface area (Å²) in [6.07, 6.45) is 0. The van der Waals surface area contributed by atoms with E-state index in [2.05, 4.69) is 20.6 Å². The third-order valence-corrected chi connectivity index (χ3v) is 3.73. The smallest absolute Gasteiger partial charge is 0.142 e. The first-order chi connectivity index (χ1) is 13.2. The van der Waals surface area contributed by atoms with E-state index >= 15 is 0 Å². The fourth-order valence-electron chi connectivity index (χ4n) is 2.63. The van der Waals surface area contributed by atoms with Crippen molar-refractivity contribution in [2.45, 2.75) is 20.8 Å². The van der Waals surface area contributed by atoms with Crippen molar-refractivity contribution >= 4 is 23.0 Å². The zero-order valence-corrected chi connectivity index (χ0v) is 15.8. The Bertz CT molecular complexity index is 882. The number of nitrogens with zero attached hydrogens (tertiary/aromatic N) is 2. The summed E-state index contributed by atoms with van der Waals surface area (Å²) >= 11 is 0. The molecule has 0 unspecified atom stereocenters. The van der Waals surface area contributed by atoms with Crippen LogP contribution in [0.1, 0.15) is 19.7 Å². The van der Waals surface area contributed by atoms with Crippen molar-refractivity contribution < 1.29 is 9.47 Å². The van der Waals surface area contributed by atoms with Crippen molar-refractivity contribution in [3.05, 3.63) is 60.4 Å². The van der Waals surface area contributed by atoms with E-state index < -0.39 is 0 Å². The molecule has 0 atom stereocenters. The molecule has 0 aliphatic rings. The summed E-state index contributed by atoms with van der Waals surface area (Å²) in [5, 5.41) is 6.62. The first kappa shape index (κ1) is 18.5. The zero-order chi connectivity index (χ0) is 19.1. The van der Waals surface area contributed by atoms with Gasteiger partial charge in [-0.2, -0.15) is 0 Å². The molecule has 140 valence electrons. The third-order valence-electron chi connectivity index (χ3n) is 3.73. The second-order valence-electron chi connectivity index (χ2n) is 5.82. The highest BCUT2D eigenvalue weighted by atomic mass is 16.5. The zero-order valence-electron chi connectivity index (χ0n) is 15.8. The van der Waals surface area contributed by atoms with Gasteiger partial charge in [-0.3, -0.25) is 0 Å². The Morgan fingerprint density at radius 2 is 1.48 bits per heavy atom. The molecule has 0 amide bonds. The lowest BCUT2D eigenvalue weighted by Gasteiger charge is -2.13. The van der Waals surface area contributed by atoms with Gasteiger partial charge in [-0.1, -0.05) is 12.1 Å². The predicted molar refractivity (Wildman–Crippen MR) is 109 cm³/mol. The van der Waals surface area contributed by atoms with Crippen LogP contribution in [-0.2, 0) is 0 Å². The van der Waals surface area contributed by atoms with Gasteiger partial charge in [-0.05, 0) is 57.2 Å². The van der Waals surface area contributed by atoms with E-state index in [9.17, 15) is 0 Å². The molecule has 0 radical (unpaired) electrons. The second kappa shape index (κ2) is 8.89.